The van der Waals surface area contributed by atoms with Crippen LogP contribution in [0.2, 0.25) is 0 Å². The highest BCUT2D eigenvalue weighted by molar-refractivity contribution is 5.77. The Morgan fingerprint density at radius 2 is 1.83 bits per heavy atom. The number of fused-ring (bicyclic) bond motifs is 3. The number of halogens is 1. The maximum Gasteiger partial charge on any atom is 0.127 e. The summed E-state index contributed by atoms with van der Waals surface area (Å²) in [6.07, 6.45) is 8.88. The molecule has 120 valence electrons. The Labute approximate surface area is 138 Å². The molecule has 1 saturated carbocycles. The van der Waals surface area contributed by atoms with Gasteiger partial charge < -0.3 is 0 Å². The van der Waals surface area contributed by atoms with Crippen molar-refractivity contribution >= 4 is 0 Å². The molecular formula is C22H25F. The van der Waals surface area contributed by atoms with Crippen molar-refractivity contribution in [3.05, 3.63) is 58.9 Å². The molecule has 0 bridgehead atoms. The van der Waals surface area contributed by atoms with Crippen LogP contribution in [0.5, 0.6) is 0 Å². The van der Waals surface area contributed by atoms with Crippen LogP contribution in [-0.4, -0.2) is 0 Å². The summed E-state index contributed by atoms with van der Waals surface area (Å²) in [5.74, 6) is 1.60. The van der Waals surface area contributed by atoms with Crippen LogP contribution in [0.1, 0.15) is 68.1 Å². The zero-order valence-corrected chi connectivity index (χ0v) is 13.9. The lowest BCUT2D eigenvalue weighted by Gasteiger charge is -2.29. The highest BCUT2D eigenvalue weighted by Gasteiger charge is 2.25. The SMILES string of the molecule is CCCC1CCC(c2ccc3c(c2)Cc2c(F)cccc2-3)CC1. The van der Waals surface area contributed by atoms with Crippen molar-refractivity contribution in [1.82, 2.24) is 0 Å². The summed E-state index contributed by atoms with van der Waals surface area (Å²) in [5, 5.41) is 0. The maximum absolute atomic E-state index is 14.0. The first-order valence-electron chi connectivity index (χ1n) is 9.17. The highest BCUT2D eigenvalue weighted by Crippen LogP contribution is 2.42. The fraction of sp³-hybridized carbons (Fsp3) is 0.455. The fourth-order valence-electron chi connectivity index (χ4n) is 4.65. The van der Waals surface area contributed by atoms with Gasteiger partial charge in [-0.15, -0.1) is 0 Å². The Morgan fingerprint density at radius 3 is 2.61 bits per heavy atom. The van der Waals surface area contributed by atoms with E-state index in [-0.39, 0.29) is 5.82 Å². The molecule has 0 atom stereocenters. The minimum Gasteiger partial charge on any atom is -0.207 e. The Kier molecular flexibility index (Phi) is 3.97. The predicted octanol–water partition coefficient (Wildman–Crippen LogP) is 6.47. The van der Waals surface area contributed by atoms with E-state index in [1.54, 1.807) is 6.07 Å². The molecule has 0 N–H and O–H groups in total. The van der Waals surface area contributed by atoms with E-state index in [9.17, 15) is 4.39 Å². The first-order chi connectivity index (χ1) is 11.3. The monoisotopic (exact) mass is 308 g/mol. The number of benzene rings is 2. The summed E-state index contributed by atoms with van der Waals surface area (Å²) in [6, 6.07) is 12.4. The second-order valence-corrected chi connectivity index (χ2v) is 7.37. The summed E-state index contributed by atoms with van der Waals surface area (Å²) in [6.45, 7) is 2.30. The molecule has 2 aromatic carbocycles. The van der Waals surface area contributed by atoms with Gasteiger partial charge in [0.2, 0.25) is 0 Å². The van der Waals surface area contributed by atoms with Crippen LogP contribution >= 0.6 is 0 Å². The van der Waals surface area contributed by atoms with Crippen LogP contribution in [0, 0.1) is 11.7 Å². The lowest BCUT2D eigenvalue weighted by molar-refractivity contribution is 0.308. The summed E-state index contributed by atoms with van der Waals surface area (Å²) in [4.78, 5) is 0. The molecule has 0 radical (unpaired) electrons. The molecule has 2 aliphatic carbocycles. The molecule has 2 aromatic rings. The molecule has 2 aliphatic rings. The molecule has 4 rings (SSSR count). The minimum absolute atomic E-state index is 0.0553. The molecule has 0 aromatic heterocycles. The Morgan fingerprint density at radius 1 is 1.00 bits per heavy atom. The van der Waals surface area contributed by atoms with Crippen LogP contribution < -0.4 is 0 Å². The standard InChI is InChI=1S/C22H25F/c1-2-4-15-7-9-16(10-8-15)17-11-12-19-18(13-17)14-21-20(19)5-3-6-22(21)23/h3,5-6,11-13,15-16H,2,4,7-10,14H2,1H3. The van der Waals surface area contributed by atoms with E-state index in [0.717, 1.165) is 23.5 Å². The first kappa shape index (κ1) is 14.9. The van der Waals surface area contributed by atoms with Crippen molar-refractivity contribution in [2.75, 3.05) is 0 Å². The van der Waals surface area contributed by atoms with E-state index in [4.69, 9.17) is 0 Å². The van der Waals surface area contributed by atoms with E-state index >= 15 is 0 Å². The van der Waals surface area contributed by atoms with Crippen LogP contribution in [0.4, 0.5) is 4.39 Å². The minimum atomic E-state index is -0.0553. The number of hydrogen-bond acceptors (Lipinski definition) is 0. The molecule has 0 unspecified atom stereocenters. The van der Waals surface area contributed by atoms with Crippen LogP contribution in [0.3, 0.4) is 0 Å². The van der Waals surface area contributed by atoms with Gasteiger partial charge in [-0.2, -0.15) is 0 Å². The van der Waals surface area contributed by atoms with Crippen molar-refractivity contribution in [1.29, 1.82) is 0 Å². The normalized spacial score (nSPS) is 22.7. The third-order valence-corrected chi connectivity index (χ3v) is 5.92. The first-order valence-corrected chi connectivity index (χ1v) is 9.17. The van der Waals surface area contributed by atoms with Crippen molar-refractivity contribution in [2.24, 2.45) is 5.92 Å². The predicted molar refractivity (Wildman–Crippen MR) is 94.2 cm³/mol. The Bertz CT molecular complexity index is 708. The highest BCUT2D eigenvalue weighted by atomic mass is 19.1. The quantitative estimate of drug-likeness (QED) is 0.520. The van der Waals surface area contributed by atoms with Gasteiger partial charge in [0, 0.05) is 12.0 Å². The Balaban J connectivity index is 1.55. The lowest BCUT2D eigenvalue weighted by Crippen LogP contribution is -2.13. The van der Waals surface area contributed by atoms with E-state index in [0.29, 0.717) is 5.92 Å². The van der Waals surface area contributed by atoms with Gasteiger partial charge in [-0.1, -0.05) is 50.1 Å². The summed E-state index contributed by atoms with van der Waals surface area (Å²) in [7, 11) is 0. The topological polar surface area (TPSA) is 0 Å². The van der Waals surface area contributed by atoms with Gasteiger partial charge in [0.05, 0.1) is 0 Å². The van der Waals surface area contributed by atoms with Gasteiger partial charge in [-0.25, -0.2) is 4.39 Å². The van der Waals surface area contributed by atoms with Gasteiger partial charge in [-0.3, -0.25) is 0 Å². The second-order valence-electron chi connectivity index (χ2n) is 7.37. The molecule has 0 spiro atoms. The van der Waals surface area contributed by atoms with Gasteiger partial charge in [-0.05, 0) is 65.8 Å². The van der Waals surface area contributed by atoms with Gasteiger partial charge in [0.25, 0.3) is 0 Å². The van der Waals surface area contributed by atoms with E-state index in [1.807, 2.05) is 6.07 Å². The number of hydrogen-bond donors (Lipinski definition) is 0. The van der Waals surface area contributed by atoms with E-state index in [1.165, 1.54) is 55.2 Å². The molecule has 0 saturated heterocycles. The molecule has 0 nitrogen and oxygen atoms in total. The van der Waals surface area contributed by atoms with Gasteiger partial charge in [0.1, 0.15) is 5.82 Å². The maximum atomic E-state index is 14.0. The zero-order chi connectivity index (χ0) is 15.8. The van der Waals surface area contributed by atoms with Crippen molar-refractivity contribution < 1.29 is 4.39 Å². The van der Waals surface area contributed by atoms with Crippen LogP contribution in [0.25, 0.3) is 11.1 Å². The van der Waals surface area contributed by atoms with Gasteiger partial charge in [0.15, 0.2) is 0 Å². The van der Waals surface area contributed by atoms with E-state index < -0.39 is 0 Å². The van der Waals surface area contributed by atoms with Crippen molar-refractivity contribution in [3.8, 4) is 11.1 Å². The molecule has 1 heteroatoms. The zero-order valence-electron chi connectivity index (χ0n) is 13.9. The molecule has 0 aliphatic heterocycles. The average Bonchev–Trinajstić information content (AvgIpc) is 2.95. The smallest absolute Gasteiger partial charge is 0.127 e. The molecule has 0 amide bonds. The van der Waals surface area contributed by atoms with Crippen molar-refractivity contribution in [3.63, 3.8) is 0 Å². The summed E-state index contributed by atoms with van der Waals surface area (Å²) in [5.41, 5.74) is 6.01. The van der Waals surface area contributed by atoms with Crippen LogP contribution in [-0.2, 0) is 6.42 Å². The summed E-state index contributed by atoms with van der Waals surface area (Å²) < 4.78 is 14.0. The number of rotatable bonds is 3. The van der Waals surface area contributed by atoms with Gasteiger partial charge >= 0.3 is 0 Å². The van der Waals surface area contributed by atoms with Crippen LogP contribution in [0.15, 0.2) is 36.4 Å². The average molecular weight is 308 g/mol. The second kappa shape index (κ2) is 6.11. The lowest BCUT2D eigenvalue weighted by atomic mass is 9.77. The third kappa shape index (κ3) is 2.71. The molecule has 23 heavy (non-hydrogen) atoms. The third-order valence-electron chi connectivity index (χ3n) is 5.92. The Hall–Kier alpha value is -1.63. The largest absolute Gasteiger partial charge is 0.207 e. The fourth-order valence-corrected chi connectivity index (χ4v) is 4.65. The van der Waals surface area contributed by atoms with Crippen molar-refractivity contribution in [2.45, 2.75) is 57.8 Å². The summed E-state index contributed by atoms with van der Waals surface area (Å²) >= 11 is 0. The van der Waals surface area contributed by atoms with E-state index in [2.05, 4.69) is 31.2 Å². The molecule has 1 fully saturated rings. The molecular weight excluding hydrogens is 283 g/mol. The molecule has 0 heterocycles.